The van der Waals surface area contributed by atoms with Gasteiger partial charge in [-0.2, -0.15) is 0 Å². The first-order valence-corrected chi connectivity index (χ1v) is 16.5. The molecular formula is C33H65NaO6. The van der Waals surface area contributed by atoms with Gasteiger partial charge in [-0.3, -0.25) is 14.4 Å². The van der Waals surface area contributed by atoms with Gasteiger partial charge in [0.05, 0.1) is 26.1 Å². The maximum atomic E-state index is 11.8. The van der Waals surface area contributed by atoms with Crippen LogP contribution in [0.25, 0.3) is 0 Å². The van der Waals surface area contributed by atoms with E-state index in [2.05, 4.69) is 13.8 Å². The second-order valence-corrected chi connectivity index (χ2v) is 10.8. The van der Waals surface area contributed by atoms with E-state index < -0.39 is 0 Å². The molecule has 0 amide bonds. The Labute approximate surface area is 269 Å². The summed E-state index contributed by atoms with van der Waals surface area (Å²) in [5, 5.41) is 6.89. The second kappa shape index (κ2) is 40.5. The fourth-order valence-corrected chi connectivity index (χ4v) is 4.61. The molecule has 0 heterocycles. The van der Waals surface area contributed by atoms with Crippen LogP contribution in [0.15, 0.2) is 0 Å². The number of ether oxygens (including phenoxy) is 2. The van der Waals surface area contributed by atoms with Crippen LogP contribution in [0, 0.1) is 0 Å². The molecule has 0 aromatic rings. The number of carboxylic acid groups (broad SMARTS) is 1. The molecule has 0 unspecified atom stereocenters. The van der Waals surface area contributed by atoms with Crippen molar-refractivity contribution in [3.05, 3.63) is 0 Å². The molecule has 6 nitrogen and oxygen atoms in total. The Kier molecular flexibility index (Phi) is 44.5. The summed E-state index contributed by atoms with van der Waals surface area (Å²) in [5.41, 5.74) is 0. The third-order valence-electron chi connectivity index (χ3n) is 7.06. The van der Waals surface area contributed by atoms with Crippen molar-refractivity contribution >= 4 is 48.0 Å². The molecule has 1 N–H and O–H groups in total. The van der Waals surface area contributed by atoms with E-state index in [4.69, 9.17) is 19.4 Å². The summed E-state index contributed by atoms with van der Waals surface area (Å²) in [6.07, 6.45) is 31.3. The van der Waals surface area contributed by atoms with E-state index in [0.29, 0.717) is 13.2 Å². The molecule has 40 heavy (non-hydrogen) atoms. The van der Waals surface area contributed by atoms with Gasteiger partial charge in [-0.1, -0.05) is 155 Å². The van der Waals surface area contributed by atoms with Gasteiger partial charge in [-0.15, -0.1) is 0 Å². The van der Waals surface area contributed by atoms with Gasteiger partial charge < -0.3 is 14.6 Å². The average Bonchev–Trinajstić information content (AvgIpc) is 2.93. The average molecular weight is 581 g/mol. The van der Waals surface area contributed by atoms with Gasteiger partial charge in [0.2, 0.25) is 0 Å². The van der Waals surface area contributed by atoms with Gasteiger partial charge in [0.15, 0.2) is 0 Å². The van der Waals surface area contributed by atoms with Crippen molar-refractivity contribution in [2.24, 2.45) is 0 Å². The van der Waals surface area contributed by atoms with E-state index in [1.165, 1.54) is 128 Å². The molecule has 0 rings (SSSR count). The third-order valence-corrected chi connectivity index (χ3v) is 7.06. The number of hydrogen-bond donors (Lipinski definition) is 1. The molecular weight excluding hydrogens is 515 g/mol. The monoisotopic (exact) mass is 580 g/mol. The fraction of sp³-hybridized carbons (Fsp3) is 0.909. The summed E-state index contributed by atoms with van der Waals surface area (Å²) in [6.45, 7) is 5.23. The van der Waals surface area contributed by atoms with Gasteiger partial charge in [0, 0.05) is 0 Å². The Hall–Kier alpha value is -0.590. The normalized spacial score (nSPS) is 10.2. The predicted molar refractivity (Wildman–Crippen MR) is 169 cm³/mol. The first-order valence-electron chi connectivity index (χ1n) is 16.5. The number of esters is 2. The van der Waals surface area contributed by atoms with Crippen LogP contribution in [0.4, 0.5) is 0 Å². The number of carbonyl (C=O) groups excluding carboxylic acids is 2. The summed E-state index contributed by atoms with van der Waals surface area (Å²) in [6, 6.07) is 0. The van der Waals surface area contributed by atoms with Crippen molar-refractivity contribution in [2.45, 2.75) is 181 Å². The van der Waals surface area contributed by atoms with E-state index in [-0.39, 0.29) is 60.8 Å². The molecule has 0 radical (unpaired) electrons. The van der Waals surface area contributed by atoms with Crippen molar-refractivity contribution < 1.29 is 29.0 Å². The molecule has 0 aliphatic carbocycles. The fourth-order valence-electron chi connectivity index (χ4n) is 4.61. The first-order chi connectivity index (χ1) is 19.1. The summed E-state index contributed by atoms with van der Waals surface area (Å²) in [7, 11) is 0. The van der Waals surface area contributed by atoms with Crippen molar-refractivity contribution in [2.75, 3.05) is 13.2 Å². The molecule has 0 aromatic heterocycles. The molecule has 7 heteroatoms. The Bertz CT molecular complexity index is 473. The minimum absolute atomic E-state index is 0. The standard InChI is InChI=1S/C32H62O4.CH2O2.Na.H/c1-3-5-7-9-11-13-15-17-19-21-23-25-29-35-31(33)27-28-32(34)36-30-26-24-22-20-18-16-14-12-10-8-6-4-2;2-1-3;;/h3-30H2,1-2H3;1H,(H,2,3);;. The molecule has 0 aliphatic rings. The van der Waals surface area contributed by atoms with Gasteiger partial charge in [-0.25, -0.2) is 0 Å². The van der Waals surface area contributed by atoms with Crippen LogP contribution in [-0.4, -0.2) is 66.3 Å². The topological polar surface area (TPSA) is 89.9 Å². The zero-order valence-electron chi connectivity index (χ0n) is 25.9. The molecule has 0 atom stereocenters. The van der Waals surface area contributed by atoms with E-state index >= 15 is 0 Å². The van der Waals surface area contributed by atoms with E-state index in [9.17, 15) is 9.59 Å². The molecule has 0 saturated heterocycles. The van der Waals surface area contributed by atoms with Gasteiger partial charge >= 0.3 is 41.5 Å². The Balaban J connectivity index is -0.00000326. The minimum atomic E-state index is -0.277. The van der Waals surface area contributed by atoms with Gasteiger partial charge in [0.1, 0.15) is 0 Å². The molecule has 0 fully saturated rings. The Morgan fingerprint density at radius 2 is 0.675 bits per heavy atom. The van der Waals surface area contributed by atoms with Crippen LogP contribution in [0.5, 0.6) is 0 Å². The molecule has 0 aliphatic heterocycles. The van der Waals surface area contributed by atoms with Gasteiger partial charge in [0.25, 0.3) is 6.47 Å². The third kappa shape index (κ3) is 41.9. The van der Waals surface area contributed by atoms with Crippen molar-refractivity contribution in [3.8, 4) is 0 Å². The zero-order valence-corrected chi connectivity index (χ0v) is 25.9. The molecule has 0 bridgehead atoms. The van der Waals surface area contributed by atoms with Crippen molar-refractivity contribution in [1.29, 1.82) is 0 Å². The first kappa shape index (κ1) is 43.9. The summed E-state index contributed by atoms with van der Waals surface area (Å²) in [5.74, 6) is -0.555. The van der Waals surface area contributed by atoms with Crippen LogP contribution in [0.3, 0.4) is 0 Å². The Morgan fingerprint density at radius 1 is 0.475 bits per heavy atom. The second-order valence-electron chi connectivity index (χ2n) is 10.8. The van der Waals surface area contributed by atoms with E-state index in [1.807, 2.05) is 0 Å². The SMILES string of the molecule is CCCCCCCCCCCCCCOC(=O)CCC(=O)OCCCCCCCCCCCCCC.O=CO.[NaH]. The molecule has 0 spiro atoms. The summed E-state index contributed by atoms with van der Waals surface area (Å²) < 4.78 is 10.5. The number of rotatable bonds is 29. The number of hydrogen-bond acceptors (Lipinski definition) is 5. The Morgan fingerprint density at radius 3 is 0.900 bits per heavy atom. The number of unbranched alkanes of at least 4 members (excludes halogenated alkanes) is 22. The van der Waals surface area contributed by atoms with Crippen LogP contribution >= 0.6 is 0 Å². The van der Waals surface area contributed by atoms with Crippen LogP contribution in [-0.2, 0) is 23.9 Å². The van der Waals surface area contributed by atoms with Gasteiger partial charge in [-0.05, 0) is 12.8 Å². The van der Waals surface area contributed by atoms with E-state index in [0.717, 1.165) is 25.7 Å². The van der Waals surface area contributed by atoms with E-state index in [1.54, 1.807) is 0 Å². The molecule has 234 valence electrons. The number of carbonyl (C=O) groups is 3. The maximum absolute atomic E-state index is 11.8. The van der Waals surface area contributed by atoms with Crippen LogP contribution in [0.2, 0.25) is 0 Å². The van der Waals surface area contributed by atoms with Crippen LogP contribution in [0.1, 0.15) is 181 Å². The zero-order chi connectivity index (χ0) is 29.1. The van der Waals surface area contributed by atoms with Crippen molar-refractivity contribution in [3.63, 3.8) is 0 Å². The molecule has 0 aromatic carbocycles. The van der Waals surface area contributed by atoms with Crippen molar-refractivity contribution in [1.82, 2.24) is 0 Å². The molecule has 0 saturated carbocycles. The summed E-state index contributed by atoms with van der Waals surface area (Å²) in [4.78, 5) is 32.0. The quantitative estimate of drug-likeness (QED) is 0.0410. The van der Waals surface area contributed by atoms with Crippen LogP contribution < -0.4 is 0 Å². The summed E-state index contributed by atoms with van der Waals surface area (Å²) >= 11 is 0. The predicted octanol–water partition coefficient (Wildman–Crippen LogP) is 9.31.